The molecule has 0 fully saturated rings. The van der Waals surface area contributed by atoms with Crippen molar-refractivity contribution < 1.29 is 22.0 Å². The van der Waals surface area contributed by atoms with Gasteiger partial charge < -0.3 is 5.32 Å². The minimum Gasteiger partial charge on any atom is -0.319 e. The Morgan fingerprint density at radius 2 is 1.64 bits per heavy atom. The summed E-state index contributed by atoms with van der Waals surface area (Å²) in [6, 6.07) is 14.4. The van der Waals surface area contributed by atoms with Gasteiger partial charge in [0, 0.05) is 17.3 Å². The van der Waals surface area contributed by atoms with Crippen molar-refractivity contribution in [3.63, 3.8) is 0 Å². The molecular weight excluding hydrogens is 410 g/mol. The van der Waals surface area contributed by atoms with Crippen LogP contribution >= 0.6 is 11.6 Å². The van der Waals surface area contributed by atoms with E-state index in [-0.39, 0.29) is 21.2 Å². The maximum Gasteiger partial charge on any atom is 0.263 e. The maximum absolute atomic E-state index is 13.7. The van der Waals surface area contributed by atoms with E-state index in [1.54, 1.807) is 30.3 Å². The van der Waals surface area contributed by atoms with Crippen molar-refractivity contribution in [2.24, 2.45) is 0 Å². The number of hydrogen-bond acceptors (Lipinski definition) is 3. The number of sulfonamides is 1. The smallest absolute Gasteiger partial charge is 0.263 e. The van der Waals surface area contributed by atoms with Crippen LogP contribution < -0.4 is 10.0 Å². The molecular formula is C19H13ClF2N2O3S. The van der Waals surface area contributed by atoms with Crippen LogP contribution in [0.25, 0.3) is 0 Å². The number of halogens is 3. The Morgan fingerprint density at radius 3 is 2.32 bits per heavy atom. The van der Waals surface area contributed by atoms with E-state index in [0.717, 1.165) is 18.2 Å². The van der Waals surface area contributed by atoms with Crippen molar-refractivity contribution in [1.29, 1.82) is 0 Å². The molecule has 1 amide bonds. The topological polar surface area (TPSA) is 75.3 Å². The molecule has 0 unspecified atom stereocenters. The van der Waals surface area contributed by atoms with Crippen molar-refractivity contribution in [3.8, 4) is 0 Å². The van der Waals surface area contributed by atoms with Gasteiger partial charge in [0.25, 0.3) is 15.9 Å². The average Bonchev–Trinajstić information content (AvgIpc) is 2.64. The standard InChI is InChI=1S/C19H13ClF2N2O3S/c20-15-8-6-12(19(25)23-17-9-7-13(21)11-16(17)22)10-18(15)28(26,27)24-14-4-2-1-3-5-14/h1-11,24H,(H,23,25). The van der Waals surface area contributed by atoms with Crippen molar-refractivity contribution >= 4 is 38.9 Å². The molecule has 0 saturated carbocycles. The van der Waals surface area contributed by atoms with Crippen molar-refractivity contribution in [3.05, 3.63) is 89.0 Å². The fraction of sp³-hybridized carbons (Fsp3) is 0. The van der Waals surface area contributed by atoms with E-state index in [2.05, 4.69) is 10.0 Å². The third kappa shape index (κ3) is 4.47. The Balaban J connectivity index is 1.89. The van der Waals surface area contributed by atoms with Gasteiger partial charge in [-0.1, -0.05) is 29.8 Å². The molecule has 28 heavy (non-hydrogen) atoms. The van der Waals surface area contributed by atoms with Crippen molar-refractivity contribution in [1.82, 2.24) is 0 Å². The molecule has 0 aliphatic carbocycles. The predicted molar refractivity (Wildman–Crippen MR) is 103 cm³/mol. The van der Waals surface area contributed by atoms with Crippen LogP contribution in [0.4, 0.5) is 20.2 Å². The van der Waals surface area contributed by atoms with Crippen molar-refractivity contribution in [2.75, 3.05) is 10.0 Å². The summed E-state index contributed by atoms with van der Waals surface area (Å²) in [5.41, 5.74) is 0.0107. The minimum absolute atomic E-state index is 0.0680. The molecule has 0 spiro atoms. The Kier molecular flexibility index (Phi) is 5.62. The van der Waals surface area contributed by atoms with E-state index in [0.29, 0.717) is 11.8 Å². The summed E-state index contributed by atoms with van der Waals surface area (Å²) < 4.78 is 54.3. The van der Waals surface area contributed by atoms with E-state index >= 15 is 0 Å². The molecule has 144 valence electrons. The summed E-state index contributed by atoms with van der Waals surface area (Å²) in [4.78, 5) is 12.1. The molecule has 0 heterocycles. The lowest BCUT2D eigenvalue weighted by molar-refractivity contribution is 0.102. The molecule has 0 bridgehead atoms. The number of para-hydroxylation sites is 1. The number of nitrogens with one attached hydrogen (secondary N) is 2. The third-order valence-corrected chi connectivity index (χ3v) is 5.55. The molecule has 2 N–H and O–H groups in total. The van der Waals surface area contributed by atoms with Gasteiger partial charge in [-0.15, -0.1) is 0 Å². The maximum atomic E-state index is 13.7. The van der Waals surface area contributed by atoms with Gasteiger partial charge in [-0.05, 0) is 42.5 Å². The minimum atomic E-state index is -4.07. The monoisotopic (exact) mass is 422 g/mol. The fourth-order valence-corrected chi connectivity index (χ4v) is 3.94. The summed E-state index contributed by atoms with van der Waals surface area (Å²) in [5.74, 6) is -2.53. The summed E-state index contributed by atoms with van der Waals surface area (Å²) in [5, 5.41) is 2.17. The summed E-state index contributed by atoms with van der Waals surface area (Å²) >= 11 is 6.00. The van der Waals surface area contributed by atoms with E-state index in [9.17, 15) is 22.0 Å². The largest absolute Gasteiger partial charge is 0.319 e. The lowest BCUT2D eigenvalue weighted by Crippen LogP contribution is -2.17. The molecule has 3 rings (SSSR count). The molecule has 0 atom stereocenters. The first-order valence-corrected chi connectivity index (χ1v) is 9.76. The molecule has 5 nitrogen and oxygen atoms in total. The van der Waals surface area contributed by atoms with Gasteiger partial charge in [0.2, 0.25) is 0 Å². The third-order valence-electron chi connectivity index (χ3n) is 3.69. The van der Waals surface area contributed by atoms with Gasteiger partial charge in [0.1, 0.15) is 16.5 Å². The summed E-state index contributed by atoms with van der Waals surface area (Å²) in [6.07, 6.45) is 0. The first-order valence-electron chi connectivity index (χ1n) is 7.90. The van der Waals surface area contributed by atoms with Crippen LogP contribution in [-0.4, -0.2) is 14.3 Å². The second-order valence-corrected chi connectivity index (χ2v) is 7.75. The number of carbonyl (C=O) groups is 1. The first-order chi connectivity index (χ1) is 13.3. The highest BCUT2D eigenvalue weighted by molar-refractivity contribution is 7.92. The normalized spacial score (nSPS) is 11.1. The van der Waals surface area contributed by atoms with Crippen LogP contribution in [0.5, 0.6) is 0 Å². The zero-order valence-electron chi connectivity index (χ0n) is 14.1. The number of benzene rings is 3. The number of carbonyl (C=O) groups excluding carboxylic acids is 1. The van der Waals surface area contributed by atoms with Gasteiger partial charge in [-0.3, -0.25) is 9.52 Å². The van der Waals surface area contributed by atoms with Crippen LogP contribution in [0.1, 0.15) is 10.4 Å². The predicted octanol–water partition coefficient (Wildman–Crippen LogP) is 4.67. The quantitative estimate of drug-likeness (QED) is 0.627. The Hall–Kier alpha value is -2.97. The lowest BCUT2D eigenvalue weighted by atomic mass is 10.2. The van der Waals surface area contributed by atoms with Crippen LogP contribution in [0.15, 0.2) is 71.6 Å². The first kappa shape index (κ1) is 19.8. The van der Waals surface area contributed by atoms with E-state index in [1.165, 1.54) is 12.1 Å². The van der Waals surface area contributed by atoms with Gasteiger partial charge in [0.05, 0.1) is 10.7 Å². The number of rotatable bonds is 5. The number of hydrogen-bond donors (Lipinski definition) is 2. The highest BCUT2D eigenvalue weighted by atomic mass is 35.5. The van der Waals surface area contributed by atoms with Gasteiger partial charge in [-0.2, -0.15) is 0 Å². The van der Waals surface area contributed by atoms with Crippen molar-refractivity contribution in [2.45, 2.75) is 4.90 Å². The van der Waals surface area contributed by atoms with Gasteiger partial charge in [0.15, 0.2) is 0 Å². The molecule has 3 aromatic rings. The zero-order valence-corrected chi connectivity index (χ0v) is 15.7. The molecule has 3 aromatic carbocycles. The van der Waals surface area contributed by atoms with Gasteiger partial charge >= 0.3 is 0 Å². The van der Waals surface area contributed by atoms with Crippen LogP contribution in [0.2, 0.25) is 5.02 Å². The summed E-state index contributed by atoms with van der Waals surface area (Å²) in [7, 11) is -4.07. The van der Waals surface area contributed by atoms with Gasteiger partial charge in [-0.25, -0.2) is 17.2 Å². The lowest BCUT2D eigenvalue weighted by Gasteiger charge is -2.11. The van der Waals surface area contributed by atoms with Crippen LogP contribution in [-0.2, 0) is 10.0 Å². The molecule has 0 aromatic heterocycles. The molecule has 0 saturated heterocycles. The van der Waals surface area contributed by atoms with Crippen LogP contribution in [0.3, 0.4) is 0 Å². The Bertz CT molecular complexity index is 1140. The highest BCUT2D eigenvalue weighted by Crippen LogP contribution is 2.26. The number of anilines is 2. The average molecular weight is 423 g/mol. The fourth-order valence-electron chi connectivity index (χ4n) is 2.35. The molecule has 0 radical (unpaired) electrons. The number of amides is 1. The van der Waals surface area contributed by atoms with E-state index < -0.39 is 27.6 Å². The summed E-state index contributed by atoms with van der Waals surface area (Å²) in [6.45, 7) is 0. The molecule has 0 aliphatic heterocycles. The van der Waals surface area contributed by atoms with E-state index in [1.807, 2.05) is 0 Å². The second kappa shape index (κ2) is 7.95. The SMILES string of the molecule is O=C(Nc1ccc(F)cc1F)c1ccc(Cl)c(S(=O)(=O)Nc2ccccc2)c1. The zero-order chi connectivity index (χ0) is 20.3. The Morgan fingerprint density at radius 1 is 0.929 bits per heavy atom. The van der Waals surface area contributed by atoms with E-state index in [4.69, 9.17) is 11.6 Å². The highest BCUT2D eigenvalue weighted by Gasteiger charge is 2.21. The Labute approximate surface area is 165 Å². The molecule has 9 heteroatoms. The van der Waals surface area contributed by atoms with Crippen LogP contribution in [0, 0.1) is 11.6 Å². The second-order valence-electron chi connectivity index (χ2n) is 5.70. The molecule has 0 aliphatic rings.